The van der Waals surface area contributed by atoms with Crippen molar-refractivity contribution in [2.24, 2.45) is 5.41 Å². The number of fused-ring (bicyclic) bond motifs is 2. The number of nitrogens with one attached hydrogen (secondary N) is 4. The van der Waals surface area contributed by atoms with E-state index in [1.165, 1.54) is 5.56 Å². The molecule has 50 heavy (non-hydrogen) atoms. The molecule has 3 unspecified atom stereocenters. The molecule has 13 heteroatoms. The largest absolute Gasteiger partial charge is 0.491 e. The molecular formula is C37H53N5O8. The third-order valence-corrected chi connectivity index (χ3v) is 9.20. The predicted molar refractivity (Wildman–Crippen MR) is 188 cm³/mol. The number of aryl methyl sites for hydroxylation is 1. The summed E-state index contributed by atoms with van der Waals surface area (Å²) < 4.78 is 16.8. The summed E-state index contributed by atoms with van der Waals surface area (Å²) in [7, 11) is 1.69. The number of carbonyl (C=O) groups excluding carboxylic acids is 3. The van der Waals surface area contributed by atoms with Gasteiger partial charge in [-0.1, -0.05) is 51.1 Å². The van der Waals surface area contributed by atoms with Crippen molar-refractivity contribution in [1.82, 2.24) is 26.2 Å². The van der Waals surface area contributed by atoms with Crippen LogP contribution in [0, 0.1) is 5.41 Å². The summed E-state index contributed by atoms with van der Waals surface area (Å²) in [5.41, 5.74) is 3.55. The third kappa shape index (κ3) is 10.6. The Bertz CT molecular complexity index is 1480. The van der Waals surface area contributed by atoms with Crippen molar-refractivity contribution in [2.45, 2.75) is 84.1 Å². The molecule has 0 fully saturated rings. The topological polar surface area (TPSA) is 168 Å². The lowest BCUT2D eigenvalue weighted by Gasteiger charge is -2.41. The highest BCUT2D eigenvalue weighted by molar-refractivity contribution is 5.94. The van der Waals surface area contributed by atoms with E-state index in [4.69, 9.17) is 19.3 Å². The Morgan fingerprint density at radius 1 is 0.960 bits per heavy atom. The van der Waals surface area contributed by atoms with Gasteiger partial charge in [-0.25, -0.2) is 4.79 Å². The smallest absolute Gasteiger partial charge is 0.404 e. The average molecular weight is 696 g/mol. The molecule has 2 aliphatic rings. The van der Waals surface area contributed by atoms with E-state index in [1.807, 2.05) is 51.1 Å². The van der Waals surface area contributed by atoms with Crippen molar-refractivity contribution in [3.05, 3.63) is 64.7 Å². The van der Waals surface area contributed by atoms with Crippen LogP contribution in [0.2, 0.25) is 0 Å². The second-order valence-corrected chi connectivity index (χ2v) is 13.9. The van der Waals surface area contributed by atoms with Crippen molar-refractivity contribution < 1.29 is 38.5 Å². The van der Waals surface area contributed by atoms with E-state index in [0.717, 1.165) is 36.0 Å². The summed E-state index contributed by atoms with van der Waals surface area (Å²) in [6, 6.07) is 11.6. The summed E-state index contributed by atoms with van der Waals surface area (Å²) in [5.74, 6) is -0.212. The van der Waals surface area contributed by atoms with Crippen LogP contribution in [0.15, 0.2) is 42.5 Å². The minimum Gasteiger partial charge on any atom is -0.491 e. The van der Waals surface area contributed by atoms with Gasteiger partial charge in [0.15, 0.2) is 0 Å². The van der Waals surface area contributed by atoms with Gasteiger partial charge in [0.2, 0.25) is 17.7 Å². The number of benzene rings is 2. The van der Waals surface area contributed by atoms with Crippen LogP contribution in [-0.4, -0.2) is 98.6 Å². The molecule has 0 aromatic heterocycles. The van der Waals surface area contributed by atoms with Gasteiger partial charge in [0, 0.05) is 19.5 Å². The molecule has 13 nitrogen and oxygen atoms in total. The molecule has 274 valence electrons. The maximum Gasteiger partial charge on any atom is 0.404 e. The number of carbonyl (C=O) groups is 4. The Kier molecular flexibility index (Phi) is 14.0. The van der Waals surface area contributed by atoms with Crippen molar-refractivity contribution in [3.8, 4) is 5.75 Å². The van der Waals surface area contributed by atoms with Crippen LogP contribution in [0.25, 0.3) is 0 Å². The molecule has 0 spiro atoms. The van der Waals surface area contributed by atoms with E-state index < -0.39 is 29.6 Å². The first kappa shape index (κ1) is 38.6. The van der Waals surface area contributed by atoms with Crippen LogP contribution >= 0.6 is 0 Å². The summed E-state index contributed by atoms with van der Waals surface area (Å²) in [6.07, 6.45) is 2.00. The van der Waals surface area contributed by atoms with Crippen molar-refractivity contribution in [2.75, 3.05) is 46.6 Å². The zero-order chi connectivity index (χ0) is 36.3. The van der Waals surface area contributed by atoms with Crippen LogP contribution in [-0.2, 0) is 43.2 Å². The summed E-state index contributed by atoms with van der Waals surface area (Å²) in [4.78, 5) is 53.8. The molecule has 0 saturated carbocycles. The Hall–Kier alpha value is -4.20. The van der Waals surface area contributed by atoms with Crippen molar-refractivity contribution in [1.29, 1.82) is 0 Å². The summed E-state index contributed by atoms with van der Waals surface area (Å²) >= 11 is 0. The molecule has 0 radical (unpaired) electrons. The van der Waals surface area contributed by atoms with Gasteiger partial charge in [0.25, 0.3) is 0 Å². The standard InChI is InChI=1S/C37H53N5O8/c1-24(38-5)33(43)41-32(37(2,3)4)35(45)42-23-27-21-28(50-20-19-49-18-17-48-16-15-39-36(46)47)14-13-26(27)22-31(42)34(44)40-30-12-8-10-25-9-6-7-11-29(25)30/h6-7,9,11,13-14,21,24,30-32,38-39H,8,10,12,15-20,22-23H2,1-5H3,(H,40,44)(H,41,43)(H,46,47)/t24?,30-,31?,32?/m1/s1. The van der Waals surface area contributed by atoms with Gasteiger partial charge in [-0.05, 0) is 73.0 Å². The number of amides is 4. The maximum absolute atomic E-state index is 14.5. The Balaban J connectivity index is 1.47. The molecule has 4 rings (SSSR count). The first-order valence-corrected chi connectivity index (χ1v) is 17.4. The van der Waals surface area contributed by atoms with Crippen LogP contribution in [0.1, 0.15) is 68.8 Å². The number of nitrogens with zero attached hydrogens (tertiary/aromatic N) is 1. The molecule has 5 N–H and O–H groups in total. The van der Waals surface area contributed by atoms with Crippen LogP contribution in [0.4, 0.5) is 4.79 Å². The second kappa shape index (κ2) is 18.2. The molecule has 2 aromatic carbocycles. The monoisotopic (exact) mass is 695 g/mol. The fraction of sp³-hybridized carbons (Fsp3) is 0.568. The zero-order valence-corrected chi connectivity index (χ0v) is 29.9. The minimum absolute atomic E-state index is 0.140. The average Bonchev–Trinajstić information content (AvgIpc) is 3.09. The predicted octanol–water partition coefficient (Wildman–Crippen LogP) is 2.95. The summed E-state index contributed by atoms with van der Waals surface area (Å²) in [6.45, 7) is 9.38. The fourth-order valence-electron chi connectivity index (χ4n) is 6.27. The van der Waals surface area contributed by atoms with Gasteiger partial charge in [0.05, 0.1) is 38.5 Å². The third-order valence-electron chi connectivity index (χ3n) is 9.20. The highest BCUT2D eigenvalue weighted by Gasteiger charge is 2.43. The Morgan fingerprint density at radius 3 is 2.40 bits per heavy atom. The molecule has 0 saturated heterocycles. The molecular weight excluding hydrogens is 642 g/mol. The van der Waals surface area contributed by atoms with E-state index in [-0.39, 0.29) is 50.1 Å². The summed E-state index contributed by atoms with van der Waals surface area (Å²) in [5, 5.41) is 20.0. The molecule has 1 aliphatic heterocycles. The fourth-order valence-corrected chi connectivity index (χ4v) is 6.27. The second-order valence-electron chi connectivity index (χ2n) is 13.9. The van der Waals surface area contributed by atoms with E-state index in [1.54, 1.807) is 18.9 Å². The molecule has 4 atom stereocenters. The van der Waals surface area contributed by atoms with Crippen molar-refractivity contribution >= 4 is 23.8 Å². The van der Waals surface area contributed by atoms with Gasteiger partial charge in [0.1, 0.15) is 24.4 Å². The number of ether oxygens (including phenoxy) is 3. The molecule has 0 bridgehead atoms. The van der Waals surface area contributed by atoms with E-state index >= 15 is 0 Å². The van der Waals surface area contributed by atoms with Gasteiger partial charge < -0.3 is 45.5 Å². The maximum atomic E-state index is 14.5. The van der Waals surface area contributed by atoms with Gasteiger partial charge in [-0.3, -0.25) is 14.4 Å². The van der Waals surface area contributed by atoms with Crippen LogP contribution in [0.5, 0.6) is 5.75 Å². The number of rotatable bonds is 16. The van der Waals surface area contributed by atoms with Gasteiger partial charge >= 0.3 is 6.09 Å². The minimum atomic E-state index is -1.09. The van der Waals surface area contributed by atoms with E-state index in [0.29, 0.717) is 32.0 Å². The lowest BCUT2D eigenvalue weighted by Crippen LogP contribution is -2.62. The highest BCUT2D eigenvalue weighted by atomic mass is 16.5. The number of carboxylic acid groups (broad SMARTS) is 1. The zero-order valence-electron chi connectivity index (χ0n) is 29.9. The molecule has 1 heterocycles. The quantitative estimate of drug-likeness (QED) is 0.166. The normalized spacial score (nSPS) is 18.2. The van der Waals surface area contributed by atoms with Gasteiger partial charge in [-0.15, -0.1) is 0 Å². The number of likely N-dealkylation sites (N-methyl/N-ethyl adjacent to an activating group) is 1. The molecule has 1 aliphatic carbocycles. The van der Waals surface area contributed by atoms with Gasteiger partial charge in [-0.2, -0.15) is 0 Å². The SMILES string of the molecule is CNC(C)C(=O)NC(C(=O)N1Cc2cc(OCCOCCOCCNC(=O)O)ccc2CC1C(=O)N[C@@H]1CCCc2ccccc21)C(C)(C)C. The number of hydrogen-bond donors (Lipinski definition) is 5. The Labute approximate surface area is 294 Å². The van der Waals surface area contributed by atoms with Crippen molar-refractivity contribution in [3.63, 3.8) is 0 Å². The Morgan fingerprint density at radius 2 is 1.68 bits per heavy atom. The lowest BCUT2D eigenvalue weighted by molar-refractivity contribution is -0.147. The highest BCUT2D eigenvalue weighted by Crippen LogP contribution is 2.33. The van der Waals surface area contributed by atoms with Crippen LogP contribution in [0.3, 0.4) is 0 Å². The lowest BCUT2D eigenvalue weighted by atomic mass is 9.83. The van der Waals surface area contributed by atoms with E-state index in [2.05, 4.69) is 33.4 Å². The van der Waals surface area contributed by atoms with Crippen LogP contribution < -0.4 is 26.0 Å². The molecule has 4 amide bonds. The van der Waals surface area contributed by atoms with E-state index in [9.17, 15) is 19.2 Å². The number of hydrogen-bond acceptors (Lipinski definition) is 8. The molecule has 2 aromatic rings. The first-order chi connectivity index (χ1) is 23.9. The first-order valence-electron chi connectivity index (χ1n) is 17.4.